The van der Waals surface area contributed by atoms with E-state index in [0.29, 0.717) is 0 Å². The SMILES string of the molecule is Cc1ccc(NC(C)c2cccc(S(N)(=O)=O)c2)cc1C. The Bertz CT molecular complexity index is 755. The van der Waals surface area contributed by atoms with Crippen LogP contribution in [-0.4, -0.2) is 8.42 Å². The lowest BCUT2D eigenvalue weighted by molar-refractivity contribution is 0.597. The van der Waals surface area contributed by atoms with Crippen LogP contribution in [0.15, 0.2) is 47.4 Å². The van der Waals surface area contributed by atoms with Gasteiger partial charge in [-0.05, 0) is 61.7 Å². The van der Waals surface area contributed by atoms with Crippen LogP contribution in [0.5, 0.6) is 0 Å². The Hall–Kier alpha value is -1.85. The van der Waals surface area contributed by atoms with Crippen LogP contribution in [0, 0.1) is 13.8 Å². The topological polar surface area (TPSA) is 72.2 Å². The number of hydrogen-bond acceptors (Lipinski definition) is 3. The van der Waals surface area contributed by atoms with Gasteiger partial charge in [0.25, 0.3) is 0 Å². The number of aryl methyl sites for hydroxylation is 2. The summed E-state index contributed by atoms with van der Waals surface area (Å²) in [5.74, 6) is 0. The Labute approximate surface area is 126 Å². The van der Waals surface area contributed by atoms with Crippen molar-refractivity contribution in [2.45, 2.75) is 31.7 Å². The molecule has 0 spiro atoms. The second-order valence-corrected chi connectivity index (χ2v) is 6.84. The molecule has 0 saturated carbocycles. The molecule has 0 aliphatic heterocycles. The quantitative estimate of drug-likeness (QED) is 0.911. The molecule has 0 bridgehead atoms. The van der Waals surface area contributed by atoms with Crippen LogP contribution in [-0.2, 0) is 10.0 Å². The lowest BCUT2D eigenvalue weighted by Gasteiger charge is -2.17. The van der Waals surface area contributed by atoms with Crippen molar-refractivity contribution in [3.05, 3.63) is 59.2 Å². The van der Waals surface area contributed by atoms with Gasteiger partial charge in [0.05, 0.1) is 4.90 Å². The number of anilines is 1. The molecule has 0 radical (unpaired) electrons. The molecule has 0 saturated heterocycles. The maximum atomic E-state index is 11.4. The number of sulfonamides is 1. The molecule has 0 aliphatic rings. The van der Waals surface area contributed by atoms with Crippen molar-refractivity contribution in [3.8, 4) is 0 Å². The molecule has 3 N–H and O–H groups in total. The van der Waals surface area contributed by atoms with Crippen LogP contribution in [0.3, 0.4) is 0 Å². The van der Waals surface area contributed by atoms with Crippen molar-refractivity contribution in [2.75, 3.05) is 5.32 Å². The van der Waals surface area contributed by atoms with Gasteiger partial charge >= 0.3 is 0 Å². The summed E-state index contributed by atoms with van der Waals surface area (Å²) in [7, 11) is -3.67. The van der Waals surface area contributed by atoms with Crippen molar-refractivity contribution in [3.63, 3.8) is 0 Å². The average Bonchev–Trinajstić information content (AvgIpc) is 2.42. The molecule has 5 heteroatoms. The van der Waals surface area contributed by atoms with E-state index in [1.165, 1.54) is 17.2 Å². The number of primary sulfonamides is 1. The lowest BCUT2D eigenvalue weighted by Crippen LogP contribution is -2.13. The van der Waals surface area contributed by atoms with Gasteiger partial charge in [0.2, 0.25) is 10.0 Å². The van der Waals surface area contributed by atoms with Crippen molar-refractivity contribution in [1.29, 1.82) is 0 Å². The normalized spacial score (nSPS) is 13.0. The third-order valence-corrected chi connectivity index (χ3v) is 4.49. The first kappa shape index (κ1) is 15.5. The standard InChI is InChI=1S/C16H20N2O2S/c1-11-7-8-15(9-12(11)2)18-13(3)14-5-4-6-16(10-14)21(17,19)20/h4-10,13,18H,1-3H3,(H2,17,19,20). The van der Waals surface area contributed by atoms with E-state index in [1.807, 2.05) is 19.1 Å². The maximum Gasteiger partial charge on any atom is 0.238 e. The zero-order valence-electron chi connectivity index (χ0n) is 12.4. The molecular formula is C16H20N2O2S. The first-order valence-electron chi connectivity index (χ1n) is 6.74. The largest absolute Gasteiger partial charge is 0.379 e. The van der Waals surface area contributed by atoms with Crippen LogP contribution in [0.25, 0.3) is 0 Å². The van der Waals surface area contributed by atoms with E-state index in [-0.39, 0.29) is 10.9 Å². The predicted octanol–water partition coefficient (Wildman–Crippen LogP) is 3.12. The number of rotatable bonds is 4. The van der Waals surface area contributed by atoms with Crippen molar-refractivity contribution < 1.29 is 8.42 Å². The van der Waals surface area contributed by atoms with Crippen molar-refractivity contribution in [1.82, 2.24) is 0 Å². The third kappa shape index (κ3) is 3.83. The summed E-state index contributed by atoms with van der Waals surface area (Å²) in [6, 6.07) is 12.8. The summed E-state index contributed by atoms with van der Waals surface area (Å²) in [5.41, 5.74) is 4.33. The van der Waals surface area contributed by atoms with Gasteiger partial charge in [0, 0.05) is 11.7 Å². The molecular weight excluding hydrogens is 284 g/mol. The molecule has 112 valence electrons. The van der Waals surface area contributed by atoms with Crippen LogP contribution in [0.2, 0.25) is 0 Å². The Morgan fingerprint density at radius 2 is 1.76 bits per heavy atom. The van der Waals surface area contributed by atoms with Gasteiger partial charge in [-0.25, -0.2) is 13.6 Å². The number of nitrogens with one attached hydrogen (secondary N) is 1. The highest BCUT2D eigenvalue weighted by atomic mass is 32.2. The molecule has 21 heavy (non-hydrogen) atoms. The summed E-state index contributed by atoms with van der Waals surface area (Å²) >= 11 is 0. The van der Waals surface area contributed by atoms with E-state index in [9.17, 15) is 8.42 Å². The average molecular weight is 304 g/mol. The zero-order valence-corrected chi connectivity index (χ0v) is 13.2. The number of hydrogen-bond donors (Lipinski definition) is 2. The fourth-order valence-corrected chi connectivity index (χ4v) is 2.69. The van der Waals surface area contributed by atoms with E-state index in [4.69, 9.17) is 5.14 Å². The second kappa shape index (κ2) is 5.87. The summed E-state index contributed by atoms with van der Waals surface area (Å²) in [5, 5.41) is 8.54. The van der Waals surface area contributed by atoms with E-state index >= 15 is 0 Å². The zero-order chi connectivity index (χ0) is 15.6. The van der Waals surface area contributed by atoms with E-state index in [0.717, 1.165) is 11.3 Å². The summed E-state index contributed by atoms with van der Waals surface area (Å²) in [4.78, 5) is 0.133. The fraction of sp³-hybridized carbons (Fsp3) is 0.250. The highest BCUT2D eigenvalue weighted by Gasteiger charge is 2.11. The van der Waals surface area contributed by atoms with Gasteiger partial charge in [-0.1, -0.05) is 18.2 Å². The molecule has 0 aliphatic carbocycles. The molecule has 1 atom stereocenters. The van der Waals surface area contributed by atoms with Gasteiger partial charge in [0.1, 0.15) is 0 Å². The smallest absolute Gasteiger partial charge is 0.238 e. The Kier molecular flexibility index (Phi) is 4.34. The van der Waals surface area contributed by atoms with Gasteiger partial charge in [0.15, 0.2) is 0 Å². The van der Waals surface area contributed by atoms with Crippen LogP contribution in [0.4, 0.5) is 5.69 Å². The Balaban J connectivity index is 2.24. The Morgan fingerprint density at radius 1 is 1.05 bits per heavy atom. The van der Waals surface area contributed by atoms with Gasteiger partial charge in [-0.15, -0.1) is 0 Å². The summed E-state index contributed by atoms with van der Waals surface area (Å²) in [6.07, 6.45) is 0. The second-order valence-electron chi connectivity index (χ2n) is 5.28. The highest BCUT2D eigenvalue weighted by molar-refractivity contribution is 7.89. The van der Waals surface area contributed by atoms with Gasteiger partial charge in [-0.3, -0.25) is 0 Å². The fourth-order valence-electron chi connectivity index (χ4n) is 2.13. The minimum absolute atomic E-state index is 0.0196. The molecule has 4 nitrogen and oxygen atoms in total. The molecule has 0 aromatic heterocycles. The lowest BCUT2D eigenvalue weighted by atomic mass is 10.1. The van der Waals surface area contributed by atoms with Crippen molar-refractivity contribution in [2.24, 2.45) is 5.14 Å². The maximum absolute atomic E-state index is 11.4. The molecule has 0 amide bonds. The Morgan fingerprint density at radius 3 is 2.38 bits per heavy atom. The number of benzene rings is 2. The molecule has 2 aromatic carbocycles. The number of nitrogens with two attached hydrogens (primary N) is 1. The highest BCUT2D eigenvalue weighted by Crippen LogP contribution is 2.22. The first-order valence-corrected chi connectivity index (χ1v) is 8.28. The van der Waals surface area contributed by atoms with Crippen molar-refractivity contribution >= 4 is 15.7 Å². The predicted molar refractivity (Wildman–Crippen MR) is 85.8 cm³/mol. The molecule has 0 heterocycles. The van der Waals surface area contributed by atoms with Crippen LogP contribution < -0.4 is 10.5 Å². The van der Waals surface area contributed by atoms with Gasteiger partial charge in [-0.2, -0.15) is 0 Å². The monoisotopic (exact) mass is 304 g/mol. The van der Waals surface area contributed by atoms with E-state index < -0.39 is 10.0 Å². The summed E-state index contributed by atoms with van der Waals surface area (Å²) in [6.45, 7) is 6.11. The van der Waals surface area contributed by atoms with E-state index in [1.54, 1.807) is 12.1 Å². The van der Waals surface area contributed by atoms with Gasteiger partial charge < -0.3 is 5.32 Å². The summed E-state index contributed by atoms with van der Waals surface area (Å²) < 4.78 is 22.8. The molecule has 2 rings (SSSR count). The third-order valence-electron chi connectivity index (χ3n) is 3.58. The first-order chi connectivity index (χ1) is 9.77. The minimum Gasteiger partial charge on any atom is -0.379 e. The molecule has 1 unspecified atom stereocenters. The van der Waals surface area contributed by atoms with E-state index in [2.05, 4.69) is 31.3 Å². The van der Waals surface area contributed by atoms with Crippen LogP contribution >= 0.6 is 0 Å². The van der Waals surface area contributed by atoms with Crippen LogP contribution in [0.1, 0.15) is 29.7 Å². The molecule has 0 fully saturated rings. The minimum atomic E-state index is -3.67. The molecule has 2 aromatic rings.